The summed E-state index contributed by atoms with van der Waals surface area (Å²) in [6.07, 6.45) is 3.78. The number of alkyl halides is 1. The molecule has 1 aliphatic heterocycles. The van der Waals surface area contributed by atoms with Crippen LogP contribution in [0.2, 0.25) is 0 Å². The van der Waals surface area contributed by atoms with Crippen molar-refractivity contribution < 1.29 is 22.0 Å². The SMILES string of the molecule is N#CC1(NC(=O)[C@@H]2C[C@@H](F)CC[C@H]2c2nn(-c3ncccc3F)cc2-c2ccc(N3CCS(=O)(=O)CC3)cc2)CC1. The van der Waals surface area contributed by atoms with Gasteiger partial charge in [-0.15, -0.1) is 0 Å². The van der Waals surface area contributed by atoms with Crippen LogP contribution in [-0.2, 0) is 14.6 Å². The predicted molar refractivity (Wildman–Crippen MR) is 148 cm³/mol. The van der Waals surface area contributed by atoms with Gasteiger partial charge >= 0.3 is 0 Å². The lowest BCUT2D eigenvalue weighted by Gasteiger charge is -2.32. The van der Waals surface area contributed by atoms with E-state index in [0.29, 0.717) is 43.6 Å². The van der Waals surface area contributed by atoms with E-state index in [9.17, 15) is 27.3 Å². The Bertz CT molecular complexity index is 1600. The number of nitrogens with one attached hydrogen (secondary N) is 1. The van der Waals surface area contributed by atoms with E-state index in [1.807, 2.05) is 29.2 Å². The van der Waals surface area contributed by atoms with Crippen LogP contribution < -0.4 is 10.2 Å². The summed E-state index contributed by atoms with van der Waals surface area (Å²) >= 11 is 0. The Labute approximate surface area is 237 Å². The van der Waals surface area contributed by atoms with Crippen molar-refractivity contribution in [3.63, 3.8) is 0 Å². The fourth-order valence-electron chi connectivity index (χ4n) is 5.81. The van der Waals surface area contributed by atoms with E-state index in [2.05, 4.69) is 16.4 Å². The molecule has 6 rings (SSSR count). The highest BCUT2D eigenvalue weighted by molar-refractivity contribution is 7.91. The number of carbonyl (C=O) groups is 1. The molecule has 0 radical (unpaired) electrons. The van der Waals surface area contributed by atoms with E-state index in [1.54, 1.807) is 6.20 Å². The van der Waals surface area contributed by atoms with Crippen LogP contribution in [0.4, 0.5) is 14.5 Å². The molecule has 1 N–H and O–H groups in total. The van der Waals surface area contributed by atoms with E-state index in [-0.39, 0.29) is 36.1 Å². The van der Waals surface area contributed by atoms with Crippen molar-refractivity contribution in [3.8, 4) is 23.0 Å². The van der Waals surface area contributed by atoms with Crippen LogP contribution in [0.1, 0.15) is 43.7 Å². The minimum atomic E-state index is -3.01. The van der Waals surface area contributed by atoms with E-state index >= 15 is 0 Å². The van der Waals surface area contributed by atoms with Gasteiger partial charge in [0.1, 0.15) is 11.7 Å². The fourth-order valence-corrected chi connectivity index (χ4v) is 7.02. The zero-order chi connectivity index (χ0) is 28.8. The van der Waals surface area contributed by atoms with E-state index < -0.39 is 39.2 Å². The van der Waals surface area contributed by atoms with Gasteiger partial charge in [0.2, 0.25) is 5.91 Å². The minimum absolute atomic E-state index is 0.00717. The number of anilines is 1. The number of nitrogens with zero attached hydrogens (tertiary/aromatic N) is 5. The Morgan fingerprint density at radius 1 is 1.12 bits per heavy atom. The van der Waals surface area contributed by atoms with Crippen LogP contribution in [0.5, 0.6) is 0 Å². The number of amides is 1. The maximum atomic E-state index is 14.7. The molecule has 3 atom stereocenters. The van der Waals surface area contributed by atoms with E-state index in [1.165, 1.54) is 23.0 Å². The number of benzene rings is 1. The molecule has 0 bridgehead atoms. The minimum Gasteiger partial charge on any atom is -0.369 e. The molecule has 1 saturated heterocycles. The standard InChI is InChI=1S/C29H30F2N6O3S/c30-20-5-8-22(23(16-20)28(38)34-29(18-32)9-10-29)26-24(17-37(35-26)27-25(31)2-1-11-33-27)19-3-6-21(7-4-19)36-12-14-41(39,40)15-13-36/h1-4,6-7,11,17,20,22-23H,5,8-10,12-16H2,(H,34,38)/t20-,22+,23+/m0/s1. The molecule has 41 heavy (non-hydrogen) atoms. The van der Waals surface area contributed by atoms with Crippen molar-refractivity contribution in [3.05, 3.63) is 60.3 Å². The normalized spacial score (nSPS) is 24.8. The van der Waals surface area contributed by atoms with Gasteiger partial charge in [-0.25, -0.2) is 26.9 Å². The first-order valence-electron chi connectivity index (χ1n) is 13.8. The molecule has 3 heterocycles. The zero-order valence-corrected chi connectivity index (χ0v) is 23.2. The molecule has 3 aliphatic rings. The second-order valence-electron chi connectivity index (χ2n) is 11.2. The second kappa shape index (κ2) is 10.5. The molecule has 9 nitrogen and oxygen atoms in total. The summed E-state index contributed by atoms with van der Waals surface area (Å²) < 4.78 is 54.5. The highest BCUT2D eigenvalue weighted by Crippen LogP contribution is 2.44. The molecule has 3 fully saturated rings. The van der Waals surface area contributed by atoms with Gasteiger partial charge in [-0.2, -0.15) is 10.4 Å². The Hall–Kier alpha value is -3.85. The first kappa shape index (κ1) is 27.3. The largest absolute Gasteiger partial charge is 0.369 e. The molecule has 0 unspecified atom stereocenters. The number of nitriles is 1. The third-order valence-corrected chi connectivity index (χ3v) is 10.00. The van der Waals surface area contributed by atoms with Crippen molar-refractivity contribution in [1.82, 2.24) is 20.1 Å². The van der Waals surface area contributed by atoms with Crippen LogP contribution >= 0.6 is 0 Å². The van der Waals surface area contributed by atoms with Gasteiger partial charge in [0.05, 0.1) is 23.3 Å². The monoisotopic (exact) mass is 580 g/mol. The molecule has 2 aliphatic carbocycles. The number of rotatable bonds is 6. The van der Waals surface area contributed by atoms with Gasteiger partial charge in [0.25, 0.3) is 0 Å². The van der Waals surface area contributed by atoms with Crippen LogP contribution in [0, 0.1) is 23.1 Å². The molecule has 1 aromatic carbocycles. The molecular formula is C29H30F2N6O3S. The summed E-state index contributed by atoms with van der Waals surface area (Å²) in [6.45, 7) is 0.828. The maximum absolute atomic E-state index is 14.7. The van der Waals surface area contributed by atoms with E-state index in [4.69, 9.17) is 5.10 Å². The van der Waals surface area contributed by atoms with Crippen molar-refractivity contribution in [2.45, 2.75) is 49.7 Å². The number of aromatic nitrogens is 3. The highest BCUT2D eigenvalue weighted by Gasteiger charge is 2.48. The van der Waals surface area contributed by atoms with Crippen LogP contribution in [0.15, 0.2) is 48.8 Å². The molecule has 214 valence electrons. The van der Waals surface area contributed by atoms with Gasteiger partial charge in [0, 0.05) is 48.6 Å². The van der Waals surface area contributed by atoms with Crippen molar-refractivity contribution in [2.24, 2.45) is 5.92 Å². The summed E-state index contributed by atoms with van der Waals surface area (Å²) in [5.74, 6) is -1.90. The number of pyridine rings is 1. The van der Waals surface area contributed by atoms with Crippen molar-refractivity contribution in [1.29, 1.82) is 5.26 Å². The molecule has 12 heteroatoms. The predicted octanol–water partition coefficient (Wildman–Crippen LogP) is 3.70. The van der Waals surface area contributed by atoms with E-state index in [0.717, 1.165) is 11.3 Å². The molecular weight excluding hydrogens is 550 g/mol. The molecule has 2 aromatic heterocycles. The zero-order valence-electron chi connectivity index (χ0n) is 22.3. The quantitative estimate of drug-likeness (QED) is 0.472. The lowest BCUT2D eigenvalue weighted by Crippen LogP contribution is -2.44. The summed E-state index contributed by atoms with van der Waals surface area (Å²) in [5, 5.41) is 17.1. The van der Waals surface area contributed by atoms with Crippen molar-refractivity contribution in [2.75, 3.05) is 29.5 Å². The molecule has 2 saturated carbocycles. The number of halogens is 2. The van der Waals surface area contributed by atoms with Gasteiger partial charge in [-0.3, -0.25) is 4.79 Å². The van der Waals surface area contributed by atoms with Crippen LogP contribution in [0.25, 0.3) is 16.9 Å². The Morgan fingerprint density at radius 2 is 1.85 bits per heavy atom. The van der Waals surface area contributed by atoms with Crippen LogP contribution in [0.3, 0.4) is 0 Å². The number of sulfone groups is 1. The van der Waals surface area contributed by atoms with Gasteiger partial charge in [-0.1, -0.05) is 12.1 Å². The summed E-state index contributed by atoms with van der Waals surface area (Å²) in [7, 11) is -3.01. The molecule has 0 spiro atoms. The summed E-state index contributed by atoms with van der Waals surface area (Å²) in [6, 6.07) is 12.5. The fraction of sp³-hybridized carbons (Fsp3) is 0.448. The molecule has 1 amide bonds. The molecule has 3 aromatic rings. The third-order valence-electron chi connectivity index (χ3n) is 8.39. The Morgan fingerprint density at radius 3 is 2.51 bits per heavy atom. The van der Waals surface area contributed by atoms with Crippen molar-refractivity contribution >= 4 is 21.4 Å². The lowest BCUT2D eigenvalue weighted by molar-refractivity contribution is -0.128. The highest BCUT2D eigenvalue weighted by atomic mass is 32.2. The number of hydrogen-bond acceptors (Lipinski definition) is 7. The Kier molecular flexibility index (Phi) is 7.01. The number of carbonyl (C=O) groups excluding carboxylic acids is 1. The maximum Gasteiger partial charge on any atom is 0.225 e. The van der Waals surface area contributed by atoms with Crippen LogP contribution in [-0.4, -0.2) is 65.4 Å². The second-order valence-corrected chi connectivity index (χ2v) is 13.5. The average molecular weight is 581 g/mol. The topological polar surface area (TPSA) is 121 Å². The first-order valence-corrected chi connectivity index (χ1v) is 15.6. The summed E-state index contributed by atoms with van der Waals surface area (Å²) in [4.78, 5) is 19.6. The lowest BCUT2D eigenvalue weighted by atomic mass is 9.74. The van der Waals surface area contributed by atoms with Gasteiger partial charge in [-0.05, 0) is 61.9 Å². The van der Waals surface area contributed by atoms with Gasteiger partial charge in [0.15, 0.2) is 21.5 Å². The first-order chi connectivity index (χ1) is 19.7. The third kappa shape index (κ3) is 5.55. The smallest absolute Gasteiger partial charge is 0.225 e. The Balaban J connectivity index is 1.37. The van der Waals surface area contributed by atoms with Gasteiger partial charge < -0.3 is 10.2 Å². The average Bonchev–Trinajstić information content (AvgIpc) is 3.60. The summed E-state index contributed by atoms with van der Waals surface area (Å²) in [5.41, 5.74) is 1.99. The number of hydrogen-bond donors (Lipinski definition) is 1.